The summed E-state index contributed by atoms with van der Waals surface area (Å²) in [6.07, 6.45) is 2.75. The first kappa shape index (κ1) is 21.3. The number of amidine groups is 1. The molecule has 0 heterocycles. The van der Waals surface area contributed by atoms with E-state index in [1.807, 2.05) is 30.3 Å². The number of aliphatic hydroxyl groups excluding tert-OH is 1. The Hall–Kier alpha value is -2.71. The molecular weight excluding hydrogens is 334 g/mol. The van der Waals surface area contributed by atoms with Crippen LogP contribution in [0.2, 0.25) is 0 Å². The van der Waals surface area contributed by atoms with Gasteiger partial charge >= 0.3 is 0 Å². The highest BCUT2D eigenvalue weighted by Gasteiger charge is 2.14. The van der Waals surface area contributed by atoms with Crippen molar-refractivity contribution in [2.24, 2.45) is 11.5 Å². The maximum Gasteiger partial charge on any atom is 0.244 e. The Morgan fingerprint density at radius 1 is 1.23 bits per heavy atom. The third-order valence-corrected chi connectivity index (χ3v) is 3.48. The number of nitrogens with two attached hydrogens (primary N) is 2. The van der Waals surface area contributed by atoms with Crippen molar-refractivity contribution in [3.05, 3.63) is 42.0 Å². The van der Waals surface area contributed by atoms with E-state index in [0.29, 0.717) is 0 Å². The van der Waals surface area contributed by atoms with Gasteiger partial charge in [0.05, 0.1) is 11.9 Å². The van der Waals surface area contributed by atoms with Crippen molar-refractivity contribution in [2.45, 2.75) is 31.4 Å². The molecule has 0 aliphatic rings. The molecule has 0 aliphatic carbocycles. The summed E-state index contributed by atoms with van der Waals surface area (Å²) in [7, 11) is 0. The van der Waals surface area contributed by atoms with Gasteiger partial charge in [0.2, 0.25) is 11.8 Å². The van der Waals surface area contributed by atoms with E-state index in [9.17, 15) is 14.7 Å². The quantitative estimate of drug-likeness (QED) is 0.182. The Labute approximate surface area is 153 Å². The molecule has 8 nitrogen and oxygen atoms in total. The highest BCUT2D eigenvalue weighted by Crippen LogP contribution is 2.02. The average Bonchev–Trinajstić information content (AvgIpc) is 2.58. The predicted octanol–water partition coefficient (Wildman–Crippen LogP) is -0.273. The summed E-state index contributed by atoms with van der Waals surface area (Å²) >= 11 is 0. The summed E-state index contributed by atoms with van der Waals surface area (Å²) in [5.41, 5.74) is 11.9. The highest BCUT2D eigenvalue weighted by molar-refractivity contribution is 5.91. The first-order valence-corrected chi connectivity index (χ1v) is 8.41. The molecule has 0 fully saturated rings. The zero-order valence-electron chi connectivity index (χ0n) is 14.7. The zero-order valence-corrected chi connectivity index (χ0v) is 14.7. The standard InChI is InChI=1S/C18H27N5O3/c19-14(11-18(26)22-9-8-16(20)21)10-15(24)12-23-17(25)7-6-13-4-2-1-3-5-13/h1-7,14-15,24H,8-12,19H2,(H3,20,21)(H,22,26)(H,23,25)/b7-6+/t14-,15-/m1/s1. The maximum atomic E-state index is 11.7. The Morgan fingerprint density at radius 2 is 1.92 bits per heavy atom. The molecule has 8 N–H and O–H groups in total. The van der Waals surface area contributed by atoms with Gasteiger partial charge in [0.1, 0.15) is 0 Å². The SMILES string of the molecule is N=C(N)CCNC(=O)C[C@H](N)C[C@@H](O)CNC(=O)/C=C/c1ccccc1. The first-order valence-electron chi connectivity index (χ1n) is 8.41. The Bertz CT molecular complexity index is 619. The van der Waals surface area contributed by atoms with Crippen LogP contribution in [0.4, 0.5) is 0 Å². The molecule has 0 spiro atoms. The molecule has 1 aromatic carbocycles. The molecule has 1 aromatic rings. The topological polar surface area (TPSA) is 154 Å². The molecule has 0 unspecified atom stereocenters. The van der Waals surface area contributed by atoms with E-state index in [2.05, 4.69) is 10.6 Å². The summed E-state index contributed by atoms with van der Waals surface area (Å²) in [6, 6.07) is 8.86. The van der Waals surface area contributed by atoms with E-state index in [-0.39, 0.29) is 50.0 Å². The minimum atomic E-state index is -0.843. The van der Waals surface area contributed by atoms with Crippen LogP contribution in [0.25, 0.3) is 6.08 Å². The number of hydrogen-bond donors (Lipinski definition) is 6. The van der Waals surface area contributed by atoms with E-state index in [4.69, 9.17) is 16.9 Å². The molecule has 8 heteroatoms. The fourth-order valence-corrected chi connectivity index (χ4v) is 2.18. The number of nitrogens with one attached hydrogen (secondary N) is 3. The Kier molecular flexibility index (Phi) is 9.66. The van der Waals surface area contributed by atoms with Crippen LogP contribution in [-0.4, -0.2) is 48.0 Å². The second-order valence-electron chi connectivity index (χ2n) is 5.97. The van der Waals surface area contributed by atoms with Gasteiger partial charge in [0.15, 0.2) is 0 Å². The van der Waals surface area contributed by atoms with Crippen LogP contribution in [0.5, 0.6) is 0 Å². The van der Waals surface area contributed by atoms with E-state index in [1.165, 1.54) is 6.08 Å². The largest absolute Gasteiger partial charge is 0.391 e. The molecule has 0 bridgehead atoms. The number of benzene rings is 1. The monoisotopic (exact) mass is 361 g/mol. The molecule has 0 saturated carbocycles. The van der Waals surface area contributed by atoms with E-state index >= 15 is 0 Å². The average molecular weight is 361 g/mol. The van der Waals surface area contributed by atoms with Crippen molar-refractivity contribution in [1.29, 1.82) is 5.41 Å². The smallest absolute Gasteiger partial charge is 0.244 e. The third-order valence-electron chi connectivity index (χ3n) is 3.48. The second kappa shape index (κ2) is 11.8. The van der Waals surface area contributed by atoms with Crippen LogP contribution in [0.15, 0.2) is 36.4 Å². The van der Waals surface area contributed by atoms with Crippen LogP contribution < -0.4 is 22.1 Å². The van der Waals surface area contributed by atoms with Crippen molar-refractivity contribution in [3.63, 3.8) is 0 Å². The maximum absolute atomic E-state index is 11.7. The molecule has 1 rings (SSSR count). The van der Waals surface area contributed by atoms with Crippen molar-refractivity contribution in [3.8, 4) is 0 Å². The van der Waals surface area contributed by atoms with Gasteiger partial charge in [0, 0.05) is 38.0 Å². The van der Waals surface area contributed by atoms with Gasteiger partial charge in [-0.2, -0.15) is 0 Å². The summed E-state index contributed by atoms with van der Waals surface area (Å²) in [5.74, 6) is -0.577. The minimum absolute atomic E-state index is 0.00192. The lowest BCUT2D eigenvalue weighted by atomic mass is 10.1. The molecule has 0 radical (unpaired) electrons. The number of hydrogen-bond acceptors (Lipinski definition) is 5. The van der Waals surface area contributed by atoms with Crippen molar-refractivity contribution >= 4 is 23.7 Å². The summed E-state index contributed by atoms with van der Waals surface area (Å²) < 4.78 is 0. The fraction of sp³-hybridized carbons (Fsp3) is 0.389. The highest BCUT2D eigenvalue weighted by atomic mass is 16.3. The van der Waals surface area contributed by atoms with Crippen LogP contribution in [0.1, 0.15) is 24.8 Å². The van der Waals surface area contributed by atoms with Crippen LogP contribution in [0.3, 0.4) is 0 Å². The summed E-state index contributed by atoms with van der Waals surface area (Å²) in [4.78, 5) is 23.4. The van der Waals surface area contributed by atoms with Gasteiger partial charge in [-0.05, 0) is 18.1 Å². The van der Waals surface area contributed by atoms with Crippen LogP contribution in [0, 0.1) is 5.41 Å². The van der Waals surface area contributed by atoms with Gasteiger partial charge in [-0.1, -0.05) is 30.3 Å². The molecule has 142 valence electrons. The van der Waals surface area contributed by atoms with Gasteiger partial charge in [-0.15, -0.1) is 0 Å². The first-order chi connectivity index (χ1) is 12.4. The fourth-order valence-electron chi connectivity index (χ4n) is 2.18. The summed E-state index contributed by atoms with van der Waals surface area (Å²) in [6.45, 7) is 0.338. The second-order valence-corrected chi connectivity index (χ2v) is 5.97. The molecule has 26 heavy (non-hydrogen) atoms. The molecular formula is C18H27N5O3. The number of carbonyl (C=O) groups is 2. The van der Waals surface area contributed by atoms with Gasteiger partial charge in [-0.3, -0.25) is 15.0 Å². The lowest BCUT2D eigenvalue weighted by Gasteiger charge is -2.16. The number of amides is 2. The molecule has 2 amide bonds. The third kappa shape index (κ3) is 10.2. The minimum Gasteiger partial charge on any atom is -0.391 e. The van der Waals surface area contributed by atoms with Crippen LogP contribution >= 0.6 is 0 Å². The van der Waals surface area contributed by atoms with Gasteiger partial charge < -0.3 is 27.2 Å². The molecule has 0 aromatic heterocycles. The lowest BCUT2D eigenvalue weighted by molar-refractivity contribution is -0.121. The van der Waals surface area contributed by atoms with Gasteiger partial charge in [0.25, 0.3) is 0 Å². The number of aliphatic hydroxyl groups is 1. The Morgan fingerprint density at radius 3 is 2.58 bits per heavy atom. The van der Waals surface area contributed by atoms with E-state index < -0.39 is 12.1 Å². The van der Waals surface area contributed by atoms with Gasteiger partial charge in [-0.25, -0.2) is 0 Å². The number of carbonyl (C=O) groups excluding carboxylic acids is 2. The van der Waals surface area contributed by atoms with Crippen molar-refractivity contribution in [2.75, 3.05) is 13.1 Å². The number of rotatable bonds is 11. The molecule has 0 aliphatic heterocycles. The Balaban J connectivity index is 2.23. The zero-order chi connectivity index (χ0) is 19.4. The molecule has 2 atom stereocenters. The molecule has 0 saturated heterocycles. The predicted molar refractivity (Wildman–Crippen MR) is 101 cm³/mol. The normalized spacial score (nSPS) is 13.2. The lowest BCUT2D eigenvalue weighted by Crippen LogP contribution is -2.38. The van der Waals surface area contributed by atoms with Crippen molar-refractivity contribution in [1.82, 2.24) is 10.6 Å². The van der Waals surface area contributed by atoms with Crippen LogP contribution in [-0.2, 0) is 9.59 Å². The summed E-state index contributed by atoms with van der Waals surface area (Å²) in [5, 5.41) is 22.2. The van der Waals surface area contributed by atoms with Crippen molar-refractivity contribution < 1.29 is 14.7 Å². The van der Waals surface area contributed by atoms with E-state index in [1.54, 1.807) is 6.08 Å². The van der Waals surface area contributed by atoms with E-state index in [0.717, 1.165) is 5.56 Å².